The second kappa shape index (κ2) is 6.43. The maximum atomic E-state index is 11.3. The molecule has 3 N–H and O–H groups in total. The van der Waals surface area contributed by atoms with Gasteiger partial charge in [0, 0.05) is 6.42 Å². The van der Waals surface area contributed by atoms with Crippen molar-refractivity contribution in [3.05, 3.63) is 24.0 Å². The van der Waals surface area contributed by atoms with E-state index in [2.05, 4.69) is 14.7 Å². The van der Waals surface area contributed by atoms with Crippen LogP contribution < -0.4 is 4.72 Å². The van der Waals surface area contributed by atoms with Gasteiger partial charge in [0.05, 0.1) is 28.9 Å². The molecular weight excluding hydrogens is 330 g/mol. The number of aromatic amines is 1. The number of benzene rings is 1. The molecule has 130 valence electrons. The number of fused-ring (bicyclic) bond motifs is 1. The Morgan fingerprint density at radius 3 is 2.67 bits per heavy atom. The summed E-state index contributed by atoms with van der Waals surface area (Å²) in [5.74, 6) is 0.402. The predicted octanol–water partition coefficient (Wildman–Crippen LogP) is 2.37. The molecule has 3 rings (SSSR count). The first-order valence-corrected chi connectivity index (χ1v) is 9.88. The van der Waals surface area contributed by atoms with E-state index in [0.29, 0.717) is 11.6 Å². The zero-order valence-electron chi connectivity index (χ0n) is 13.4. The van der Waals surface area contributed by atoms with Gasteiger partial charge >= 0.3 is 5.97 Å². The third-order valence-electron chi connectivity index (χ3n) is 4.51. The van der Waals surface area contributed by atoms with Gasteiger partial charge in [-0.1, -0.05) is 0 Å². The van der Waals surface area contributed by atoms with Crippen LogP contribution in [-0.2, 0) is 21.2 Å². The number of sulfonamides is 1. The summed E-state index contributed by atoms with van der Waals surface area (Å²) in [6, 6.07) is 5.20. The van der Waals surface area contributed by atoms with Crippen LogP contribution in [0, 0.1) is 11.8 Å². The second-order valence-corrected chi connectivity index (χ2v) is 8.30. The Bertz CT molecular complexity index is 851. The summed E-state index contributed by atoms with van der Waals surface area (Å²) >= 11 is 0. The van der Waals surface area contributed by atoms with Crippen LogP contribution in [0.25, 0.3) is 11.0 Å². The number of nitrogens with zero attached hydrogens (tertiary/aromatic N) is 1. The standard InChI is InChI=1S/C16H21N3O4S/c1-24(22,23)19-12-6-7-13-14(9-12)18-15(17-13)8-10-2-4-11(5-3-10)16(20)21/h6-7,9-11,19H,2-5,8H2,1H3,(H,17,18)(H,20,21). The molecule has 2 aromatic rings. The van der Waals surface area contributed by atoms with E-state index in [9.17, 15) is 13.2 Å². The van der Waals surface area contributed by atoms with Crippen molar-refractivity contribution in [1.29, 1.82) is 0 Å². The van der Waals surface area contributed by atoms with Gasteiger partial charge in [-0.15, -0.1) is 0 Å². The number of aliphatic carboxylic acids is 1. The molecule has 7 nitrogen and oxygen atoms in total. The molecule has 1 fully saturated rings. The lowest BCUT2D eigenvalue weighted by Gasteiger charge is -2.25. The average Bonchev–Trinajstić information content (AvgIpc) is 2.87. The summed E-state index contributed by atoms with van der Waals surface area (Å²) in [6.45, 7) is 0. The Labute approximate surface area is 140 Å². The van der Waals surface area contributed by atoms with Crippen LogP contribution >= 0.6 is 0 Å². The van der Waals surface area contributed by atoms with E-state index in [1.165, 1.54) is 0 Å². The normalized spacial score (nSPS) is 21.7. The maximum Gasteiger partial charge on any atom is 0.306 e. The summed E-state index contributed by atoms with van der Waals surface area (Å²) in [6.07, 6.45) is 5.15. The summed E-state index contributed by atoms with van der Waals surface area (Å²) in [4.78, 5) is 18.8. The van der Waals surface area contributed by atoms with Crippen LogP contribution in [0.1, 0.15) is 31.5 Å². The lowest BCUT2D eigenvalue weighted by atomic mass is 9.80. The SMILES string of the molecule is CS(=O)(=O)Nc1ccc2nc(CC3CCC(C(=O)O)CC3)[nH]c2c1. The number of hydrogen-bond donors (Lipinski definition) is 3. The van der Waals surface area contributed by atoms with E-state index >= 15 is 0 Å². The van der Waals surface area contributed by atoms with Gasteiger partial charge in [-0.3, -0.25) is 9.52 Å². The number of nitrogens with one attached hydrogen (secondary N) is 2. The van der Waals surface area contributed by atoms with E-state index < -0.39 is 16.0 Å². The number of anilines is 1. The Morgan fingerprint density at radius 1 is 1.33 bits per heavy atom. The van der Waals surface area contributed by atoms with Gasteiger partial charge in [0.1, 0.15) is 5.82 Å². The van der Waals surface area contributed by atoms with Crippen molar-refractivity contribution in [2.45, 2.75) is 32.1 Å². The van der Waals surface area contributed by atoms with Crippen LogP contribution in [0.4, 0.5) is 5.69 Å². The van der Waals surface area contributed by atoms with Crippen LogP contribution in [0.5, 0.6) is 0 Å². The van der Waals surface area contributed by atoms with Crippen molar-refractivity contribution in [2.24, 2.45) is 11.8 Å². The van der Waals surface area contributed by atoms with Gasteiger partial charge in [0.25, 0.3) is 0 Å². The zero-order chi connectivity index (χ0) is 17.3. The van der Waals surface area contributed by atoms with E-state index in [4.69, 9.17) is 5.11 Å². The van der Waals surface area contributed by atoms with Crippen molar-refractivity contribution in [1.82, 2.24) is 9.97 Å². The summed E-state index contributed by atoms with van der Waals surface area (Å²) < 4.78 is 25.0. The average molecular weight is 351 g/mol. The number of hydrogen-bond acceptors (Lipinski definition) is 4. The molecule has 0 spiro atoms. The second-order valence-electron chi connectivity index (χ2n) is 6.55. The predicted molar refractivity (Wildman–Crippen MR) is 91.3 cm³/mol. The van der Waals surface area contributed by atoms with Gasteiger partial charge in [-0.2, -0.15) is 0 Å². The van der Waals surface area contributed by atoms with Crippen molar-refractivity contribution >= 4 is 32.7 Å². The molecule has 1 aliphatic rings. The maximum absolute atomic E-state index is 11.3. The number of aromatic nitrogens is 2. The minimum absolute atomic E-state index is 0.207. The minimum atomic E-state index is -3.31. The van der Waals surface area contributed by atoms with E-state index in [1.54, 1.807) is 18.2 Å². The lowest BCUT2D eigenvalue weighted by molar-refractivity contribution is -0.143. The number of H-pyrrole nitrogens is 1. The van der Waals surface area contributed by atoms with Gasteiger partial charge in [-0.25, -0.2) is 13.4 Å². The first-order chi connectivity index (χ1) is 11.3. The number of carbonyl (C=O) groups is 1. The molecule has 24 heavy (non-hydrogen) atoms. The van der Waals surface area contributed by atoms with Crippen molar-refractivity contribution in [2.75, 3.05) is 11.0 Å². The molecule has 1 aromatic heterocycles. The molecule has 1 aliphatic carbocycles. The largest absolute Gasteiger partial charge is 0.481 e. The first-order valence-electron chi connectivity index (χ1n) is 7.99. The van der Waals surface area contributed by atoms with Crippen LogP contribution in [-0.4, -0.2) is 35.7 Å². The molecule has 0 atom stereocenters. The highest BCUT2D eigenvalue weighted by Crippen LogP contribution is 2.31. The monoisotopic (exact) mass is 351 g/mol. The Hall–Kier alpha value is -2.09. The fourth-order valence-corrected chi connectivity index (χ4v) is 3.88. The van der Waals surface area contributed by atoms with E-state index in [1.807, 2.05) is 0 Å². The van der Waals surface area contributed by atoms with Crippen molar-refractivity contribution in [3.63, 3.8) is 0 Å². The van der Waals surface area contributed by atoms with Crippen LogP contribution in [0.15, 0.2) is 18.2 Å². The molecule has 0 unspecified atom stereocenters. The van der Waals surface area contributed by atoms with Crippen molar-refractivity contribution < 1.29 is 18.3 Å². The molecule has 0 radical (unpaired) electrons. The molecular formula is C16H21N3O4S. The van der Waals surface area contributed by atoms with Gasteiger partial charge in [0.15, 0.2) is 0 Å². The van der Waals surface area contributed by atoms with Crippen molar-refractivity contribution in [3.8, 4) is 0 Å². The Balaban J connectivity index is 1.69. The first kappa shape index (κ1) is 16.8. The highest BCUT2D eigenvalue weighted by Gasteiger charge is 2.26. The molecule has 1 heterocycles. The summed E-state index contributed by atoms with van der Waals surface area (Å²) in [7, 11) is -3.31. The topological polar surface area (TPSA) is 112 Å². The molecule has 0 aliphatic heterocycles. The van der Waals surface area contributed by atoms with Gasteiger partial charge < -0.3 is 10.1 Å². The molecule has 1 aromatic carbocycles. The third-order valence-corrected chi connectivity index (χ3v) is 5.12. The Kier molecular flexibility index (Phi) is 4.49. The lowest BCUT2D eigenvalue weighted by Crippen LogP contribution is -2.22. The third kappa shape index (κ3) is 4.05. The number of imidazole rings is 1. The summed E-state index contributed by atoms with van der Waals surface area (Å²) in [5.41, 5.74) is 2.09. The molecule has 0 bridgehead atoms. The number of carboxylic acids is 1. The van der Waals surface area contributed by atoms with Gasteiger partial charge in [-0.05, 0) is 49.8 Å². The summed E-state index contributed by atoms with van der Waals surface area (Å²) in [5, 5.41) is 9.05. The molecule has 0 saturated heterocycles. The molecule has 8 heteroatoms. The smallest absolute Gasteiger partial charge is 0.306 e. The molecule has 0 amide bonds. The number of carboxylic acid groups (broad SMARTS) is 1. The highest BCUT2D eigenvalue weighted by molar-refractivity contribution is 7.92. The highest BCUT2D eigenvalue weighted by atomic mass is 32.2. The van der Waals surface area contributed by atoms with Crippen LogP contribution in [0.3, 0.4) is 0 Å². The molecule has 1 saturated carbocycles. The fraction of sp³-hybridized carbons (Fsp3) is 0.500. The minimum Gasteiger partial charge on any atom is -0.481 e. The number of rotatable bonds is 5. The quantitative estimate of drug-likeness (QED) is 0.765. The van der Waals surface area contributed by atoms with E-state index in [-0.39, 0.29) is 5.92 Å². The fourth-order valence-electron chi connectivity index (χ4n) is 3.32. The Morgan fingerprint density at radius 2 is 2.04 bits per heavy atom. The van der Waals surface area contributed by atoms with Gasteiger partial charge in [0.2, 0.25) is 10.0 Å². The zero-order valence-corrected chi connectivity index (χ0v) is 14.3. The van der Waals surface area contributed by atoms with E-state index in [0.717, 1.165) is 55.2 Å². The van der Waals surface area contributed by atoms with Crippen LogP contribution in [0.2, 0.25) is 0 Å².